The SMILES string of the molecule is CCOC(=O)N1CCC(NC(=O)Nc2cccc(C(C)=O)c2)CC1. The predicted octanol–water partition coefficient (Wildman–Crippen LogP) is 2.63. The Labute approximate surface area is 141 Å². The number of benzene rings is 1. The van der Waals surface area contributed by atoms with Crippen LogP contribution in [0.3, 0.4) is 0 Å². The van der Waals surface area contributed by atoms with Gasteiger partial charge < -0.3 is 20.3 Å². The zero-order valence-corrected chi connectivity index (χ0v) is 14.0. The Kier molecular flexibility index (Phi) is 6.17. The molecule has 0 radical (unpaired) electrons. The van der Waals surface area contributed by atoms with Crippen molar-refractivity contribution in [3.8, 4) is 0 Å². The molecular weight excluding hydrogens is 310 g/mol. The molecule has 1 aromatic rings. The van der Waals surface area contributed by atoms with E-state index in [1.54, 1.807) is 36.1 Å². The quantitative estimate of drug-likeness (QED) is 0.829. The van der Waals surface area contributed by atoms with Gasteiger partial charge in [0, 0.05) is 30.4 Å². The zero-order chi connectivity index (χ0) is 17.5. The van der Waals surface area contributed by atoms with Crippen LogP contribution in [0.4, 0.5) is 15.3 Å². The van der Waals surface area contributed by atoms with Crippen LogP contribution >= 0.6 is 0 Å². The van der Waals surface area contributed by atoms with Gasteiger partial charge in [-0.05, 0) is 38.8 Å². The molecule has 1 aromatic carbocycles. The van der Waals surface area contributed by atoms with Gasteiger partial charge in [-0.15, -0.1) is 0 Å². The highest BCUT2D eigenvalue weighted by atomic mass is 16.6. The Hall–Kier alpha value is -2.57. The molecule has 7 heteroatoms. The maximum Gasteiger partial charge on any atom is 0.409 e. The number of amides is 3. The first-order valence-corrected chi connectivity index (χ1v) is 8.09. The lowest BCUT2D eigenvalue weighted by atomic mass is 10.1. The molecule has 0 bridgehead atoms. The summed E-state index contributed by atoms with van der Waals surface area (Å²) in [5.41, 5.74) is 1.12. The summed E-state index contributed by atoms with van der Waals surface area (Å²) in [6, 6.07) is 6.50. The van der Waals surface area contributed by atoms with Gasteiger partial charge in [-0.1, -0.05) is 12.1 Å². The molecule has 0 saturated carbocycles. The van der Waals surface area contributed by atoms with Gasteiger partial charge >= 0.3 is 12.1 Å². The maximum atomic E-state index is 12.1. The van der Waals surface area contributed by atoms with Crippen molar-refractivity contribution in [3.05, 3.63) is 29.8 Å². The molecule has 0 unspecified atom stereocenters. The fourth-order valence-electron chi connectivity index (χ4n) is 2.59. The molecular formula is C17H23N3O4. The average molecular weight is 333 g/mol. The van der Waals surface area contributed by atoms with E-state index in [1.165, 1.54) is 6.92 Å². The molecule has 1 aliphatic heterocycles. The minimum Gasteiger partial charge on any atom is -0.450 e. The number of anilines is 1. The molecule has 130 valence electrons. The van der Waals surface area contributed by atoms with Crippen LogP contribution in [0.25, 0.3) is 0 Å². The molecule has 7 nitrogen and oxygen atoms in total. The number of likely N-dealkylation sites (tertiary alicyclic amines) is 1. The van der Waals surface area contributed by atoms with E-state index in [1.807, 2.05) is 0 Å². The van der Waals surface area contributed by atoms with Crippen molar-refractivity contribution in [2.45, 2.75) is 32.7 Å². The fourth-order valence-corrected chi connectivity index (χ4v) is 2.59. The zero-order valence-electron chi connectivity index (χ0n) is 14.0. The fraction of sp³-hybridized carbons (Fsp3) is 0.471. The Morgan fingerprint density at radius 3 is 2.58 bits per heavy atom. The number of nitrogens with one attached hydrogen (secondary N) is 2. The summed E-state index contributed by atoms with van der Waals surface area (Å²) >= 11 is 0. The van der Waals surface area contributed by atoms with E-state index in [9.17, 15) is 14.4 Å². The van der Waals surface area contributed by atoms with E-state index in [4.69, 9.17) is 4.74 Å². The van der Waals surface area contributed by atoms with Gasteiger partial charge in [0.25, 0.3) is 0 Å². The van der Waals surface area contributed by atoms with E-state index in [0.717, 1.165) is 0 Å². The first-order chi connectivity index (χ1) is 11.5. The van der Waals surface area contributed by atoms with Crippen LogP contribution in [0.15, 0.2) is 24.3 Å². The van der Waals surface area contributed by atoms with E-state index in [0.29, 0.717) is 43.8 Å². The maximum absolute atomic E-state index is 12.1. The number of urea groups is 1. The van der Waals surface area contributed by atoms with Crippen molar-refractivity contribution >= 4 is 23.6 Å². The van der Waals surface area contributed by atoms with E-state index in [2.05, 4.69) is 10.6 Å². The lowest BCUT2D eigenvalue weighted by Gasteiger charge is -2.31. The van der Waals surface area contributed by atoms with Crippen molar-refractivity contribution in [1.82, 2.24) is 10.2 Å². The smallest absolute Gasteiger partial charge is 0.409 e. The van der Waals surface area contributed by atoms with Crippen molar-refractivity contribution in [1.29, 1.82) is 0 Å². The van der Waals surface area contributed by atoms with E-state index in [-0.39, 0.29) is 23.9 Å². The number of ether oxygens (including phenoxy) is 1. The van der Waals surface area contributed by atoms with E-state index >= 15 is 0 Å². The minimum atomic E-state index is -0.315. The molecule has 1 fully saturated rings. The van der Waals surface area contributed by atoms with Crippen molar-refractivity contribution in [2.24, 2.45) is 0 Å². The number of hydrogen-bond acceptors (Lipinski definition) is 4. The van der Waals surface area contributed by atoms with Gasteiger partial charge in [0.05, 0.1) is 6.61 Å². The number of ketones is 1. The number of carbonyl (C=O) groups is 3. The predicted molar refractivity (Wildman–Crippen MR) is 90.2 cm³/mol. The molecule has 2 N–H and O–H groups in total. The molecule has 24 heavy (non-hydrogen) atoms. The Balaban J connectivity index is 1.80. The summed E-state index contributed by atoms with van der Waals surface area (Å²) in [5.74, 6) is -0.0506. The number of hydrogen-bond donors (Lipinski definition) is 2. The lowest BCUT2D eigenvalue weighted by Crippen LogP contribution is -2.47. The lowest BCUT2D eigenvalue weighted by molar-refractivity contribution is 0.0957. The Bertz CT molecular complexity index is 610. The first kappa shape index (κ1) is 17.8. The number of piperidine rings is 1. The summed E-state index contributed by atoms with van der Waals surface area (Å²) in [4.78, 5) is 36.7. The van der Waals surface area contributed by atoms with Crippen LogP contribution in [0, 0.1) is 0 Å². The molecule has 0 spiro atoms. The highest BCUT2D eigenvalue weighted by Crippen LogP contribution is 2.13. The monoisotopic (exact) mass is 333 g/mol. The van der Waals surface area contributed by atoms with Gasteiger partial charge in [0.15, 0.2) is 5.78 Å². The Morgan fingerprint density at radius 2 is 1.96 bits per heavy atom. The number of rotatable bonds is 4. The summed E-state index contributed by atoms with van der Waals surface area (Å²) in [6.45, 7) is 4.74. The third-order valence-corrected chi connectivity index (χ3v) is 3.88. The molecule has 0 aliphatic carbocycles. The summed E-state index contributed by atoms with van der Waals surface area (Å²) in [6.07, 6.45) is 1.06. The second-order valence-electron chi connectivity index (χ2n) is 5.70. The molecule has 3 amide bonds. The van der Waals surface area contributed by atoms with Crippen LogP contribution < -0.4 is 10.6 Å². The van der Waals surface area contributed by atoms with Gasteiger partial charge in [-0.3, -0.25) is 4.79 Å². The van der Waals surface area contributed by atoms with Crippen molar-refractivity contribution in [3.63, 3.8) is 0 Å². The molecule has 2 rings (SSSR count). The first-order valence-electron chi connectivity index (χ1n) is 8.09. The van der Waals surface area contributed by atoms with Gasteiger partial charge in [-0.2, -0.15) is 0 Å². The van der Waals surface area contributed by atoms with Crippen LogP contribution in [0.2, 0.25) is 0 Å². The summed E-state index contributed by atoms with van der Waals surface area (Å²) in [5, 5.41) is 5.63. The Morgan fingerprint density at radius 1 is 1.25 bits per heavy atom. The van der Waals surface area contributed by atoms with Gasteiger partial charge in [-0.25, -0.2) is 9.59 Å². The molecule has 0 aromatic heterocycles. The third-order valence-electron chi connectivity index (χ3n) is 3.88. The summed E-state index contributed by atoms with van der Waals surface area (Å²) < 4.78 is 4.97. The van der Waals surface area contributed by atoms with E-state index < -0.39 is 0 Å². The largest absolute Gasteiger partial charge is 0.450 e. The third kappa shape index (κ3) is 4.97. The summed E-state index contributed by atoms with van der Waals surface area (Å²) in [7, 11) is 0. The van der Waals surface area contributed by atoms with Crippen LogP contribution in [0.5, 0.6) is 0 Å². The van der Waals surface area contributed by atoms with Crippen LogP contribution in [-0.2, 0) is 4.74 Å². The molecule has 1 heterocycles. The molecule has 1 saturated heterocycles. The average Bonchev–Trinajstić information content (AvgIpc) is 2.55. The standard InChI is InChI=1S/C17H23N3O4/c1-3-24-17(23)20-9-7-14(8-10-20)18-16(22)19-15-6-4-5-13(11-15)12(2)21/h4-6,11,14H,3,7-10H2,1-2H3,(H2,18,19,22). The van der Waals surface area contributed by atoms with Gasteiger partial charge in [0.1, 0.15) is 0 Å². The minimum absolute atomic E-state index is 0.00617. The number of nitrogens with zero attached hydrogens (tertiary/aromatic N) is 1. The second-order valence-corrected chi connectivity index (χ2v) is 5.70. The number of Topliss-reactive ketones (excluding diaryl/α,β-unsaturated/α-hetero) is 1. The second kappa shape index (κ2) is 8.33. The highest BCUT2D eigenvalue weighted by molar-refractivity contribution is 5.96. The highest BCUT2D eigenvalue weighted by Gasteiger charge is 2.24. The van der Waals surface area contributed by atoms with Crippen LogP contribution in [0.1, 0.15) is 37.0 Å². The normalized spacial score (nSPS) is 14.8. The molecule has 1 aliphatic rings. The van der Waals surface area contributed by atoms with Crippen molar-refractivity contribution in [2.75, 3.05) is 25.0 Å². The van der Waals surface area contributed by atoms with Crippen LogP contribution in [-0.4, -0.2) is 48.5 Å². The molecule has 0 atom stereocenters. The van der Waals surface area contributed by atoms with Crippen molar-refractivity contribution < 1.29 is 19.1 Å². The van der Waals surface area contributed by atoms with Gasteiger partial charge in [0.2, 0.25) is 0 Å². The topological polar surface area (TPSA) is 87.7 Å². The number of carbonyl (C=O) groups excluding carboxylic acids is 3.